The van der Waals surface area contributed by atoms with E-state index in [0.29, 0.717) is 5.02 Å². The zero-order valence-electron chi connectivity index (χ0n) is 11.4. The number of nitrogens with one attached hydrogen (secondary N) is 1. The van der Waals surface area contributed by atoms with Crippen LogP contribution < -0.4 is 10.1 Å². The van der Waals surface area contributed by atoms with Crippen molar-refractivity contribution in [2.75, 3.05) is 13.7 Å². The second-order valence-corrected chi connectivity index (χ2v) is 4.72. The predicted molar refractivity (Wildman–Crippen MR) is 77.7 cm³/mol. The molecule has 1 N–H and O–H groups in total. The molecule has 2 aromatic rings. The highest BCUT2D eigenvalue weighted by Crippen LogP contribution is 2.26. The van der Waals surface area contributed by atoms with E-state index in [0.717, 1.165) is 17.8 Å². The van der Waals surface area contributed by atoms with Crippen LogP contribution >= 0.6 is 11.6 Å². The van der Waals surface area contributed by atoms with Gasteiger partial charge in [-0.2, -0.15) is 0 Å². The van der Waals surface area contributed by atoms with Crippen LogP contribution in [0.15, 0.2) is 36.5 Å². The molecule has 1 aromatic carbocycles. The summed E-state index contributed by atoms with van der Waals surface area (Å²) in [5.41, 5.74) is 1.58. The predicted octanol–water partition coefficient (Wildman–Crippen LogP) is 3.58. The average Bonchev–Trinajstić information content (AvgIpc) is 2.46. The van der Waals surface area contributed by atoms with Gasteiger partial charge in [0.1, 0.15) is 0 Å². The number of halogens is 2. The molecule has 5 heteroatoms. The minimum absolute atomic E-state index is 0.183. The molecule has 1 heterocycles. The third-order valence-corrected chi connectivity index (χ3v) is 3.19. The van der Waals surface area contributed by atoms with Crippen LogP contribution in [-0.4, -0.2) is 18.6 Å². The first-order chi connectivity index (χ1) is 9.65. The first-order valence-electron chi connectivity index (χ1n) is 6.34. The minimum atomic E-state index is -0.387. The van der Waals surface area contributed by atoms with Crippen molar-refractivity contribution >= 4 is 11.6 Å². The van der Waals surface area contributed by atoms with Crippen molar-refractivity contribution in [1.82, 2.24) is 10.3 Å². The molecule has 0 aliphatic rings. The number of hydrogen-bond donors (Lipinski definition) is 1. The number of pyridine rings is 1. The maximum atomic E-state index is 13.8. The molecule has 0 aliphatic carbocycles. The van der Waals surface area contributed by atoms with E-state index < -0.39 is 0 Å². The molecular weight excluding hydrogens is 279 g/mol. The Balaban J connectivity index is 2.37. The van der Waals surface area contributed by atoms with E-state index in [9.17, 15) is 4.39 Å². The van der Waals surface area contributed by atoms with Crippen molar-refractivity contribution in [1.29, 1.82) is 0 Å². The largest absolute Gasteiger partial charge is 0.494 e. The number of methoxy groups -OCH3 is 1. The summed E-state index contributed by atoms with van der Waals surface area (Å²) in [5.74, 6) is -0.157. The van der Waals surface area contributed by atoms with Crippen molar-refractivity contribution in [3.8, 4) is 5.75 Å². The first kappa shape index (κ1) is 14.8. The summed E-state index contributed by atoms with van der Waals surface area (Å²) in [4.78, 5) is 4.30. The van der Waals surface area contributed by atoms with E-state index >= 15 is 0 Å². The van der Waals surface area contributed by atoms with Crippen LogP contribution in [-0.2, 0) is 0 Å². The average molecular weight is 295 g/mol. The molecule has 0 bridgehead atoms. The number of hydrogen-bond acceptors (Lipinski definition) is 3. The Labute approximate surface area is 122 Å². The van der Waals surface area contributed by atoms with Gasteiger partial charge in [0.15, 0.2) is 11.6 Å². The zero-order valence-corrected chi connectivity index (χ0v) is 12.1. The molecule has 0 spiro atoms. The van der Waals surface area contributed by atoms with E-state index in [1.54, 1.807) is 18.3 Å². The van der Waals surface area contributed by atoms with Crippen molar-refractivity contribution in [2.24, 2.45) is 0 Å². The van der Waals surface area contributed by atoms with E-state index in [1.807, 2.05) is 19.1 Å². The minimum Gasteiger partial charge on any atom is -0.494 e. The van der Waals surface area contributed by atoms with E-state index in [2.05, 4.69) is 10.3 Å². The molecule has 1 atom stereocenters. The maximum absolute atomic E-state index is 13.8. The Morgan fingerprint density at radius 3 is 2.70 bits per heavy atom. The SMILES string of the molecule is CCNC(c1ccc(OC)c(F)c1)c1ccc(Cl)cn1. The van der Waals surface area contributed by atoms with Gasteiger partial charge in [0.25, 0.3) is 0 Å². The molecule has 20 heavy (non-hydrogen) atoms. The van der Waals surface area contributed by atoms with Crippen LogP contribution in [0.2, 0.25) is 5.02 Å². The number of aromatic nitrogens is 1. The molecule has 0 fully saturated rings. The van der Waals surface area contributed by atoms with Gasteiger partial charge in [0.05, 0.1) is 23.9 Å². The summed E-state index contributed by atoms with van der Waals surface area (Å²) < 4.78 is 18.8. The molecule has 0 aliphatic heterocycles. The molecule has 106 valence electrons. The van der Waals surface area contributed by atoms with Crippen molar-refractivity contribution in [3.05, 3.63) is 58.6 Å². The molecule has 1 aromatic heterocycles. The fourth-order valence-electron chi connectivity index (χ4n) is 2.02. The van der Waals surface area contributed by atoms with E-state index in [-0.39, 0.29) is 17.6 Å². The van der Waals surface area contributed by atoms with Gasteiger partial charge in [-0.05, 0) is 36.4 Å². The van der Waals surface area contributed by atoms with Crippen molar-refractivity contribution in [3.63, 3.8) is 0 Å². The Morgan fingerprint density at radius 2 is 2.15 bits per heavy atom. The van der Waals surface area contributed by atoms with Gasteiger partial charge in [-0.1, -0.05) is 24.6 Å². The van der Waals surface area contributed by atoms with Gasteiger partial charge >= 0.3 is 0 Å². The van der Waals surface area contributed by atoms with Gasteiger partial charge < -0.3 is 10.1 Å². The first-order valence-corrected chi connectivity index (χ1v) is 6.71. The van der Waals surface area contributed by atoms with Crippen LogP contribution in [0.5, 0.6) is 5.75 Å². The number of benzene rings is 1. The lowest BCUT2D eigenvalue weighted by atomic mass is 10.0. The summed E-state index contributed by atoms with van der Waals surface area (Å²) in [6.45, 7) is 2.73. The molecule has 0 saturated heterocycles. The Kier molecular flexibility index (Phi) is 4.93. The fraction of sp³-hybridized carbons (Fsp3) is 0.267. The highest BCUT2D eigenvalue weighted by atomic mass is 35.5. The van der Waals surface area contributed by atoms with Gasteiger partial charge in [-0.25, -0.2) is 4.39 Å². The monoisotopic (exact) mass is 294 g/mol. The summed E-state index contributed by atoms with van der Waals surface area (Å²) >= 11 is 5.84. The van der Waals surface area contributed by atoms with E-state index in [1.165, 1.54) is 13.2 Å². The molecular formula is C15H16ClFN2O. The second kappa shape index (κ2) is 6.68. The Bertz CT molecular complexity index is 575. The molecule has 0 amide bonds. The smallest absolute Gasteiger partial charge is 0.165 e. The normalized spacial score (nSPS) is 12.2. The van der Waals surface area contributed by atoms with Crippen LogP contribution in [0.3, 0.4) is 0 Å². The van der Waals surface area contributed by atoms with Gasteiger partial charge in [-0.15, -0.1) is 0 Å². The highest BCUT2D eigenvalue weighted by molar-refractivity contribution is 6.30. The maximum Gasteiger partial charge on any atom is 0.165 e. The summed E-state index contributed by atoms with van der Waals surface area (Å²) in [5, 5.41) is 3.86. The summed E-state index contributed by atoms with van der Waals surface area (Å²) in [6, 6.07) is 8.32. The van der Waals surface area contributed by atoms with Crippen molar-refractivity contribution < 1.29 is 9.13 Å². The van der Waals surface area contributed by atoms with Crippen LogP contribution in [0, 0.1) is 5.82 Å². The molecule has 3 nitrogen and oxygen atoms in total. The summed E-state index contributed by atoms with van der Waals surface area (Å²) in [6.07, 6.45) is 1.58. The standard InChI is InChI=1S/C15H16ClFN2O/c1-3-18-15(13-6-5-11(16)9-19-13)10-4-7-14(20-2)12(17)8-10/h4-9,15,18H,3H2,1-2H3. The van der Waals surface area contributed by atoms with Crippen LogP contribution in [0.25, 0.3) is 0 Å². The number of ether oxygens (including phenoxy) is 1. The molecule has 0 saturated carbocycles. The third kappa shape index (κ3) is 3.26. The van der Waals surface area contributed by atoms with Gasteiger partial charge in [-0.3, -0.25) is 4.98 Å². The highest BCUT2D eigenvalue weighted by Gasteiger charge is 2.16. The number of nitrogens with zero attached hydrogens (tertiary/aromatic N) is 1. The number of rotatable bonds is 5. The zero-order chi connectivity index (χ0) is 14.5. The van der Waals surface area contributed by atoms with Crippen LogP contribution in [0.1, 0.15) is 24.2 Å². The molecule has 1 unspecified atom stereocenters. The van der Waals surface area contributed by atoms with Gasteiger partial charge in [0, 0.05) is 6.20 Å². The topological polar surface area (TPSA) is 34.1 Å². The lowest BCUT2D eigenvalue weighted by Gasteiger charge is -2.18. The Hall–Kier alpha value is -1.65. The van der Waals surface area contributed by atoms with Crippen LogP contribution in [0.4, 0.5) is 4.39 Å². The Morgan fingerprint density at radius 1 is 1.35 bits per heavy atom. The quantitative estimate of drug-likeness (QED) is 0.915. The molecule has 2 rings (SSSR count). The second-order valence-electron chi connectivity index (χ2n) is 4.29. The lowest BCUT2D eigenvalue weighted by molar-refractivity contribution is 0.385. The third-order valence-electron chi connectivity index (χ3n) is 2.96. The summed E-state index contributed by atoms with van der Waals surface area (Å²) in [7, 11) is 1.45. The van der Waals surface area contributed by atoms with Crippen molar-refractivity contribution in [2.45, 2.75) is 13.0 Å². The van der Waals surface area contributed by atoms with Gasteiger partial charge in [0.2, 0.25) is 0 Å². The lowest BCUT2D eigenvalue weighted by Crippen LogP contribution is -2.23. The molecule has 0 radical (unpaired) electrons. The van der Waals surface area contributed by atoms with E-state index in [4.69, 9.17) is 16.3 Å². The fourth-order valence-corrected chi connectivity index (χ4v) is 2.13.